The SMILES string of the molecule is CC(=O)Nc1nc2nc3ccccc3cc2n1C. The molecule has 0 aliphatic heterocycles. The smallest absolute Gasteiger partial charge is 0.223 e. The number of hydrogen-bond acceptors (Lipinski definition) is 3. The third-order valence-electron chi connectivity index (χ3n) is 2.86. The van der Waals surface area contributed by atoms with Crippen molar-refractivity contribution in [1.29, 1.82) is 0 Å². The van der Waals surface area contributed by atoms with E-state index in [1.165, 1.54) is 6.92 Å². The van der Waals surface area contributed by atoms with Gasteiger partial charge >= 0.3 is 0 Å². The fourth-order valence-electron chi connectivity index (χ4n) is 1.98. The number of pyridine rings is 1. The minimum atomic E-state index is -0.141. The highest BCUT2D eigenvalue weighted by Crippen LogP contribution is 2.21. The van der Waals surface area contributed by atoms with Gasteiger partial charge < -0.3 is 4.57 Å². The van der Waals surface area contributed by atoms with Gasteiger partial charge in [0.25, 0.3) is 0 Å². The number of carbonyl (C=O) groups is 1. The van der Waals surface area contributed by atoms with Crippen LogP contribution in [0.25, 0.3) is 22.1 Å². The van der Waals surface area contributed by atoms with E-state index in [-0.39, 0.29) is 5.91 Å². The number of para-hydroxylation sites is 1. The lowest BCUT2D eigenvalue weighted by atomic mass is 10.2. The number of anilines is 1. The molecule has 0 aliphatic carbocycles. The molecule has 2 aromatic heterocycles. The summed E-state index contributed by atoms with van der Waals surface area (Å²) in [6.07, 6.45) is 0. The van der Waals surface area contributed by atoms with Crippen molar-refractivity contribution in [1.82, 2.24) is 14.5 Å². The predicted molar refractivity (Wildman–Crippen MR) is 70.3 cm³/mol. The minimum Gasteiger partial charge on any atom is -0.312 e. The fraction of sp³-hybridized carbons (Fsp3) is 0.154. The second-order valence-electron chi connectivity index (χ2n) is 4.20. The van der Waals surface area contributed by atoms with E-state index in [0.29, 0.717) is 11.6 Å². The van der Waals surface area contributed by atoms with Crippen molar-refractivity contribution in [3.63, 3.8) is 0 Å². The monoisotopic (exact) mass is 240 g/mol. The summed E-state index contributed by atoms with van der Waals surface area (Å²) >= 11 is 0. The second kappa shape index (κ2) is 3.80. The summed E-state index contributed by atoms with van der Waals surface area (Å²) in [6.45, 7) is 1.46. The minimum absolute atomic E-state index is 0.141. The zero-order valence-electron chi connectivity index (χ0n) is 10.1. The van der Waals surface area contributed by atoms with Gasteiger partial charge in [0, 0.05) is 19.4 Å². The van der Waals surface area contributed by atoms with Crippen molar-refractivity contribution in [3.8, 4) is 0 Å². The van der Waals surface area contributed by atoms with Crippen molar-refractivity contribution in [2.75, 3.05) is 5.32 Å². The molecule has 0 saturated carbocycles. The Kier molecular flexibility index (Phi) is 2.26. The average molecular weight is 240 g/mol. The molecule has 90 valence electrons. The van der Waals surface area contributed by atoms with Crippen molar-refractivity contribution in [2.45, 2.75) is 6.92 Å². The third-order valence-corrected chi connectivity index (χ3v) is 2.86. The number of fused-ring (bicyclic) bond motifs is 2. The molecule has 18 heavy (non-hydrogen) atoms. The van der Waals surface area contributed by atoms with E-state index in [1.54, 1.807) is 0 Å². The van der Waals surface area contributed by atoms with Crippen LogP contribution in [-0.2, 0) is 11.8 Å². The number of benzene rings is 1. The molecule has 1 amide bonds. The number of aryl methyl sites for hydroxylation is 1. The molecular formula is C13H12N4O. The Bertz CT molecular complexity index is 760. The molecular weight excluding hydrogens is 228 g/mol. The van der Waals surface area contributed by atoms with E-state index in [1.807, 2.05) is 41.9 Å². The van der Waals surface area contributed by atoms with Crippen molar-refractivity contribution < 1.29 is 4.79 Å². The van der Waals surface area contributed by atoms with E-state index in [4.69, 9.17) is 0 Å². The lowest BCUT2D eigenvalue weighted by Crippen LogP contribution is -2.10. The summed E-state index contributed by atoms with van der Waals surface area (Å²) in [5.74, 6) is 0.373. The number of nitrogens with zero attached hydrogens (tertiary/aromatic N) is 3. The molecule has 5 heteroatoms. The van der Waals surface area contributed by atoms with Crippen LogP contribution in [0, 0.1) is 0 Å². The Labute approximate surface area is 103 Å². The lowest BCUT2D eigenvalue weighted by molar-refractivity contribution is -0.114. The molecule has 2 heterocycles. The molecule has 0 radical (unpaired) electrons. The van der Waals surface area contributed by atoms with E-state index in [0.717, 1.165) is 16.4 Å². The highest BCUT2D eigenvalue weighted by Gasteiger charge is 2.10. The summed E-state index contributed by atoms with van der Waals surface area (Å²) in [5.41, 5.74) is 2.44. The van der Waals surface area contributed by atoms with E-state index in [9.17, 15) is 4.79 Å². The molecule has 3 aromatic rings. The molecule has 0 bridgehead atoms. The summed E-state index contributed by atoms with van der Waals surface area (Å²) in [7, 11) is 1.86. The summed E-state index contributed by atoms with van der Waals surface area (Å²) in [5, 5.41) is 3.75. The first kappa shape index (κ1) is 10.7. The highest BCUT2D eigenvalue weighted by molar-refractivity contribution is 5.93. The third kappa shape index (κ3) is 1.60. The van der Waals surface area contributed by atoms with Crippen molar-refractivity contribution >= 4 is 33.9 Å². The zero-order valence-corrected chi connectivity index (χ0v) is 10.1. The largest absolute Gasteiger partial charge is 0.312 e. The van der Waals surface area contributed by atoms with Crippen LogP contribution >= 0.6 is 0 Å². The van der Waals surface area contributed by atoms with Crippen molar-refractivity contribution in [2.24, 2.45) is 7.05 Å². The van der Waals surface area contributed by atoms with Gasteiger partial charge in [-0.1, -0.05) is 18.2 Å². The number of carbonyl (C=O) groups excluding carboxylic acids is 1. The van der Waals surface area contributed by atoms with Crippen LogP contribution in [-0.4, -0.2) is 20.4 Å². The summed E-state index contributed by atoms with van der Waals surface area (Å²) in [6, 6.07) is 9.89. The number of imidazole rings is 1. The standard InChI is InChI=1S/C13H12N4O/c1-8(18)14-13-16-12-11(17(13)2)7-9-5-3-4-6-10(9)15-12/h3-7H,1-2H3,(H,14,15,16,18). The van der Waals surface area contributed by atoms with Crippen LogP contribution in [0.2, 0.25) is 0 Å². The number of hydrogen-bond donors (Lipinski definition) is 1. The van der Waals surface area contributed by atoms with Crippen LogP contribution in [0.1, 0.15) is 6.92 Å². The molecule has 1 aromatic carbocycles. The molecule has 5 nitrogen and oxygen atoms in total. The maximum absolute atomic E-state index is 11.1. The van der Waals surface area contributed by atoms with Crippen LogP contribution in [0.5, 0.6) is 0 Å². The molecule has 0 spiro atoms. The second-order valence-corrected chi connectivity index (χ2v) is 4.20. The van der Waals surface area contributed by atoms with Gasteiger partial charge in [-0.2, -0.15) is 4.98 Å². The van der Waals surface area contributed by atoms with Gasteiger partial charge in [0.05, 0.1) is 11.0 Å². The van der Waals surface area contributed by atoms with E-state index in [2.05, 4.69) is 15.3 Å². The number of nitrogens with one attached hydrogen (secondary N) is 1. The first-order valence-electron chi connectivity index (χ1n) is 5.65. The van der Waals surface area contributed by atoms with Crippen LogP contribution in [0.4, 0.5) is 5.95 Å². The van der Waals surface area contributed by atoms with Crippen LogP contribution in [0.15, 0.2) is 30.3 Å². The zero-order chi connectivity index (χ0) is 12.7. The molecule has 0 unspecified atom stereocenters. The van der Waals surface area contributed by atoms with Crippen molar-refractivity contribution in [3.05, 3.63) is 30.3 Å². The number of rotatable bonds is 1. The summed E-state index contributed by atoms with van der Waals surface area (Å²) < 4.78 is 1.83. The molecule has 3 rings (SSSR count). The average Bonchev–Trinajstić information content (AvgIpc) is 2.63. The maximum atomic E-state index is 11.1. The number of aromatic nitrogens is 3. The predicted octanol–water partition coefficient (Wildman–Crippen LogP) is 2.08. The highest BCUT2D eigenvalue weighted by atomic mass is 16.1. The van der Waals surface area contributed by atoms with E-state index < -0.39 is 0 Å². The van der Waals surface area contributed by atoms with Gasteiger partial charge in [-0.15, -0.1) is 0 Å². The quantitative estimate of drug-likeness (QED) is 0.708. The van der Waals surface area contributed by atoms with Gasteiger partial charge in [0.15, 0.2) is 5.65 Å². The van der Waals surface area contributed by atoms with E-state index >= 15 is 0 Å². The topological polar surface area (TPSA) is 59.8 Å². The normalized spacial score (nSPS) is 11.0. The van der Waals surface area contributed by atoms with Crippen LogP contribution < -0.4 is 5.32 Å². The molecule has 1 N–H and O–H groups in total. The Morgan fingerprint density at radius 3 is 2.83 bits per heavy atom. The maximum Gasteiger partial charge on any atom is 0.223 e. The molecule has 0 fully saturated rings. The first-order valence-corrected chi connectivity index (χ1v) is 5.65. The Hall–Kier alpha value is -2.43. The van der Waals surface area contributed by atoms with Gasteiger partial charge in [0.1, 0.15) is 0 Å². The van der Waals surface area contributed by atoms with Gasteiger partial charge in [-0.05, 0) is 12.1 Å². The Morgan fingerprint density at radius 1 is 1.28 bits per heavy atom. The van der Waals surface area contributed by atoms with Crippen LogP contribution in [0.3, 0.4) is 0 Å². The summed E-state index contributed by atoms with van der Waals surface area (Å²) in [4.78, 5) is 19.9. The Morgan fingerprint density at radius 2 is 2.06 bits per heavy atom. The van der Waals surface area contributed by atoms with Gasteiger partial charge in [0.2, 0.25) is 11.9 Å². The molecule has 0 aliphatic rings. The molecule has 0 atom stereocenters. The lowest BCUT2D eigenvalue weighted by Gasteiger charge is -2.01. The Balaban J connectivity index is 2.29. The molecule has 0 saturated heterocycles. The van der Waals surface area contributed by atoms with Gasteiger partial charge in [-0.25, -0.2) is 4.98 Å². The van der Waals surface area contributed by atoms with Gasteiger partial charge in [-0.3, -0.25) is 10.1 Å². The first-order chi connectivity index (χ1) is 8.65. The fourth-order valence-corrected chi connectivity index (χ4v) is 1.98. The number of amides is 1.